The fourth-order valence-corrected chi connectivity index (χ4v) is 2.84. The molecule has 2 aromatic rings. The molecule has 1 aliphatic rings. The highest BCUT2D eigenvalue weighted by molar-refractivity contribution is 5.89. The first-order valence-electron chi connectivity index (χ1n) is 8.07. The number of carbonyl (C=O) groups is 1. The van der Waals surface area contributed by atoms with Crippen LogP contribution < -0.4 is 15.5 Å². The average Bonchev–Trinajstić information content (AvgIpc) is 2.62. The highest BCUT2D eigenvalue weighted by atomic mass is 16.2. The van der Waals surface area contributed by atoms with Gasteiger partial charge in [-0.05, 0) is 43.0 Å². The van der Waals surface area contributed by atoms with Gasteiger partial charge in [0.15, 0.2) is 0 Å². The second kappa shape index (κ2) is 7.63. The van der Waals surface area contributed by atoms with E-state index in [0.29, 0.717) is 12.5 Å². The Balaban J connectivity index is 1.40. The van der Waals surface area contributed by atoms with Gasteiger partial charge in [-0.25, -0.2) is 9.78 Å². The minimum absolute atomic E-state index is 0.136. The van der Waals surface area contributed by atoms with Crippen LogP contribution >= 0.6 is 0 Å². The standard InChI is InChI=1S/C18H22N4O/c23-18(21-16-6-2-1-3-7-16)20-14-15-9-12-22(13-10-15)17-8-4-5-11-19-17/h1-8,11,15H,9-10,12-14H2,(H2,20,21,23). The van der Waals surface area contributed by atoms with Crippen molar-refractivity contribution >= 4 is 17.5 Å². The summed E-state index contributed by atoms with van der Waals surface area (Å²) in [5, 5.41) is 5.82. The SMILES string of the molecule is O=C(NCC1CCN(c2ccccn2)CC1)Nc1ccccc1. The maximum atomic E-state index is 11.9. The Bertz CT molecular complexity index is 609. The quantitative estimate of drug-likeness (QED) is 0.912. The first kappa shape index (κ1) is 15.3. The van der Waals surface area contributed by atoms with Gasteiger partial charge in [-0.15, -0.1) is 0 Å². The molecule has 23 heavy (non-hydrogen) atoms. The molecule has 0 atom stereocenters. The smallest absolute Gasteiger partial charge is 0.319 e. The summed E-state index contributed by atoms with van der Waals surface area (Å²) in [4.78, 5) is 18.6. The van der Waals surface area contributed by atoms with Crippen LogP contribution in [0.5, 0.6) is 0 Å². The molecule has 120 valence electrons. The van der Waals surface area contributed by atoms with Crippen LogP contribution in [0.15, 0.2) is 54.7 Å². The van der Waals surface area contributed by atoms with Gasteiger partial charge in [0.25, 0.3) is 0 Å². The van der Waals surface area contributed by atoms with Crippen molar-refractivity contribution in [3.8, 4) is 0 Å². The Labute approximate surface area is 136 Å². The zero-order chi connectivity index (χ0) is 15.9. The molecule has 0 bridgehead atoms. The molecule has 2 amide bonds. The summed E-state index contributed by atoms with van der Waals surface area (Å²) in [5.74, 6) is 1.57. The predicted octanol–water partition coefficient (Wildman–Crippen LogP) is 3.12. The zero-order valence-electron chi connectivity index (χ0n) is 13.1. The predicted molar refractivity (Wildman–Crippen MR) is 92.6 cm³/mol. The van der Waals surface area contributed by atoms with Crippen LogP contribution in [-0.4, -0.2) is 30.6 Å². The number of hydrogen-bond acceptors (Lipinski definition) is 3. The van der Waals surface area contributed by atoms with Crippen LogP contribution in [0.25, 0.3) is 0 Å². The number of amides is 2. The van der Waals surface area contributed by atoms with Crippen molar-refractivity contribution in [3.63, 3.8) is 0 Å². The Morgan fingerprint density at radius 3 is 2.52 bits per heavy atom. The molecule has 0 saturated carbocycles. The van der Waals surface area contributed by atoms with Crippen molar-refractivity contribution in [2.75, 3.05) is 29.9 Å². The molecular formula is C18H22N4O. The summed E-state index contributed by atoms with van der Waals surface area (Å²) >= 11 is 0. The topological polar surface area (TPSA) is 57.3 Å². The van der Waals surface area contributed by atoms with E-state index in [0.717, 1.165) is 37.4 Å². The number of anilines is 2. The summed E-state index contributed by atoms with van der Waals surface area (Å²) in [6.45, 7) is 2.70. The van der Waals surface area contributed by atoms with E-state index in [1.54, 1.807) is 0 Å². The van der Waals surface area contributed by atoms with Gasteiger partial charge in [-0.3, -0.25) is 0 Å². The third-order valence-corrected chi connectivity index (χ3v) is 4.17. The number of carbonyl (C=O) groups excluding carboxylic acids is 1. The summed E-state index contributed by atoms with van der Waals surface area (Å²) in [7, 11) is 0. The number of urea groups is 1. The number of piperidine rings is 1. The van der Waals surface area contributed by atoms with Gasteiger partial charge < -0.3 is 15.5 Å². The number of benzene rings is 1. The molecular weight excluding hydrogens is 288 g/mol. The summed E-state index contributed by atoms with van der Waals surface area (Å²) < 4.78 is 0. The average molecular weight is 310 g/mol. The van der Waals surface area contributed by atoms with Crippen molar-refractivity contribution in [3.05, 3.63) is 54.7 Å². The molecule has 1 saturated heterocycles. The number of para-hydroxylation sites is 1. The Morgan fingerprint density at radius 2 is 1.83 bits per heavy atom. The van der Waals surface area contributed by atoms with E-state index in [9.17, 15) is 4.79 Å². The van der Waals surface area contributed by atoms with Crippen molar-refractivity contribution < 1.29 is 4.79 Å². The molecule has 5 heteroatoms. The molecule has 0 radical (unpaired) electrons. The number of hydrogen-bond donors (Lipinski definition) is 2. The third-order valence-electron chi connectivity index (χ3n) is 4.17. The maximum Gasteiger partial charge on any atom is 0.319 e. The second-order valence-corrected chi connectivity index (χ2v) is 5.82. The van der Waals surface area contributed by atoms with E-state index >= 15 is 0 Å². The molecule has 0 unspecified atom stereocenters. The zero-order valence-corrected chi connectivity index (χ0v) is 13.1. The van der Waals surface area contributed by atoms with Crippen LogP contribution in [0.4, 0.5) is 16.3 Å². The van der Waals surface area contributed by atoms with E-state index in [1.165, 1.54) is 0 Å². The van der Waals surface area contributed by atoms with E-state index in [1.807, 2.05) is 54.7 Å². The number of aromatic nitrogens is 1. The van der Waals surface area contributed by atoms with E-state index in [4.69, 9.17) is 0 Å². The van der Waals surface area contributed by atoms with E-state index in [-0.39, 0.29) is 6.03 Å². The minimum atomic E-state index is -0.136. The van der Waals surface area contributed by atoms with Gasteiger partial charge in [0.05, 0.1) is 0 Å². The van der Waals surface area contributed by atoms with Gasteiger partial charge >= 0.3 is 6.03 Å². The molecule has 1 aromatic heterocycles. The summed E-state index contributed by atoms with van der Waals surface area (Å²) in [6.07, 6.45) is 3.97. The largest absolute Gasteiger partial charge is 0.357 e. The van der Waals surface area contributed by atoms with E-state index in [2.05, 4.69) is 20.5 Å². The molecule has 1 aliphatic heterocycles. The summed E-state index contributed by atoms with van der Waals surface area (Å²) in [6, 6.07) is 15.4. The second-order valence-electron chi connectivity index (χ2n) is 5.82. The first-order chi connectivity index (χ1) is 11.3. The third kappa shape index (κ3) is 4.45. The van der Waals surface area contributed by atoms with Gasteiger partial charge in [-0.1, -0.05) is 24.3 Å². The Kier molecular flexibility index (Phi) is 5.09. The maximum absolute atomic E-state index is 11.9. The van der Waals surface area contributed by atoms with Gasteiger partial charge in [-0.2, -0.15) is 0 Å². The van der Waals surface area contributed by atoms with E-state index < -0.39 is 0 Å². The van der Waals surface area contributed by atoms with Crippen LogP contribution in [0.3, 0.4) is 0 Å². The van der Waals surface area contributed by atoms with Crippen molar-refractivity contribution in [1.82, 2.24) is 10.3 Å². The van der Waals surface area contributed by atoms with Crippen molar-refractivity contribution in [2.45, 2.75) is 12.8 Å². The summed E-state index contributed by atoms with van der Waals surface area (Å²) in [5.41, 5.74) is 0.815. The van der Waals surface area contributed by atoms with Crippen LogP contribution in [0.1, 0.15) is 12.8 Å². The van der Waals surface area contributed by atoms with Gasteiger partial charge in [0.2, 0.25) is 0 Å². The van der Waals surface area contributed by atoms with Crippen molar-refractivity contribution in [1.29, 1.82) is 0 Å². The fraction of sp³-hybridized carbons (Fsp3) is 0.333. The van der Waals surface area contributed by atoms with Gasteiger partial charge in [0.1, 0.15) is 5.82 Å². The lowest BCUT2D eigenvalue weighted by atomic mass is 9.97. The minimum Gasteiger partial charge on any atom is -0.357 e. The highest BCUT2D eigenvalue weighted by Crippen LogP contribution is 2.20. The number of nitrogens with one attached hydrogen (secondary N) is 2. The molecule has 3 rings (SSSR count). The molecule has 1 aromatic carbocycles. The molecule has 0 aliphatic carbocycles. The molecule has 2 N–H and O–H groups in total. The van der Waals surface area contributed by atoms with Crippen molar-refractivity contribution in [2.24, 2.45) is 5.92 Å². The normalized spacial score (nSPS) is 15.2. The number of pyridine rings is 1. The Hall–Kier alpha value is -2.56. The molecule has 1 fully saturated rings. The van der Waals surface area contributed by atoms with Crippen LogP contribution in [-0.2, 0) is 0 Å². The molecule has 2 heterocycles. The highest BCUT2D eigenvalue weighted by Gasteiger charge is 2.20. The van der Waals surface area contributed by atoms with Crippen LogP contribution in [0.2, 0.25) is 0 Å². The van der Waals surface area contributed by atoms with Crippen LogP contribution in [0, 0.1) is 5.92 Å². The molecule has 5 nitrogen and oxygen atoms in total. The lowest BCUT2D eigenvalue weighted by molar-refractivity contribution is 0.248. The number of rotatable bonds is 4. The first-order valence-corrected chi connectivity index (χ1v) is 8.07. The molecule has 0 spiro atoms. The Morgan fingerprint density at radius 1 is 1.09 bits per heavy atom. The monoisotopic (exact) mass is 310 g/mol. The number of nitrogens with zero attached hydrogens (tertiary/aromatic N) is 2. The lowest BCUT2D eigenvalue weighted by Gasteiger charge is -2.32. The fourth-order valence-electron chi connectivity index (χ4n) is 2.84. The van der Waals surface area contributed by atoms with Gasteiger partial charge in [0, 0.05) is 31.5 Å². The lowest BCUT2D eigenvalue weighted by Crippen LogP contribution is -2.40.